The SMILES string of the molecule is C=CC(=O)N(C)Cc1nc2c(s1)CCCC2. The maximum absolute atomic E-state index is 11.3. The van der Waals surface area contributed by atoms with E-state index in [0.717, 1.165) is 17.8 Å². The number of hydrogen-bond acceptors (Lipinski definition) is 3. The molecule has 0 spiro atoms. The van der Waals surface area contributed by atoms with Gasteiger partial charge in [-0.3, -0.25) is 4.79 Å². The van der Waals surface area contributed by atoms with Crippen LogP contribution in [0.1, 0.15) is 28.4 Å². The largest absolute Gasteiger partial charge is 0.335 e. The Kier molecular flexibility index (Phi) is 3.39. The van der Waals surface area contributed by atoms with Crippen molar-refractivity contribution >= 4 is 17.2 Å². The molecule has 1 aliphatic rings. The van der Waals surface area contributed by atoms with Crippen LogP contribution in [0.2, 0.25) is 0 Å². The van der Waals surface area contributed by atoms with E-state index in [9.17, 15) is 4.79 Å². The summed E-state index contributed by atoms with van der Waals surface area (Å²) in [6.45, 7) is 4.08. The zero-order chi connectivity index (χ0) is 11.5. The van der Waals surface area contributed by atoms with Crippen LogP contribution in [0.25, 0.3) is 0 Å². The van der Waals surface area contributed by atoms with Gasteiger partial charge >= 0.3 is 0 Å². The fourth-order valence-electron chi connectivity index (χ4n) is 1.91. The van der Waals surface area contributed by atoms with Gasteiger partial charge in [-0.1, -0.05) is 6.58 Å². The Balaban J connectivity index is 2.07. The van der Waals surface area contributed by atoms with Gasteiger partial charge in [-0.2, -0.15) is 0 Å². The van der Waals surface area contributed by atoms with Gasteiger partial charge in [-0.05, 0) is 31.8 Å². The smallest absolute Gasteiger partial charge is 0.246 e. The lowest BCUT2D eigenvalue weighted by Crippen LogP contribution is -2.23. The van der Waals surface area contributed by atoms with E-state index < -0.39 is 0 Å². The summed E-state index contributed by atoms with van der Waals surface area (Å²) in [6, 6.07) is 0. The summed E-state index contributed by atoms with van der Waals surface area (Å²) >= 11 is 1.75. The number of hydrogen-bond donors (Lipinski definition) is 0. The first-order chi connectivity index (χ1) is 7.70. The van der Waals surface area contributed by atoms with Crippen molar-refractivity contribution in [1.29, 1.82) is 0 Å². The molecule has 0 aromatic carbocycles. The van der Waals surface area contributed by atoms with E-state index in [0.29, 0.717) is 6.54 Å². The summed E-state index contributed by atoms with van der Waals surface area (Å²) in [7, 11) is 1.78. The van der Waals surface area contributed by atoms with Gasteiger partial charge in [-0.15, -0.1) is 11.3 Å². The summed E-state index contributed by atoms with van der Waals surface area (Å²) < 4.78 is 0. The molecule has 4 heteroatoms. The molecule has 0 fully saturated rings. The number of rotatable bonds is 3. The normalized spacial score (nSPS) is 14.3. The van der Waals surface area contributed by atoms with Crippen molar-refractivity contribution in [3.8, 4) is 0 Å². The molecule has 86 valence electrons. The number of carbonyl (C=O) groups excluding carboxylic acids is 1. The summed E-state index contributed by atoms with van der Waals surface area (Å²) in [5.41, 5.74) is 1.26. The summed E-state index contributed by atoms with van der Waals surface area (Å²) in [4.78, 5) is 19.0. The first kappa shape index (κ1) is 11.3. The third-order valence-corrected chi connectivity index (χ3v) is 3.96. The van der Waals surface area contributed by atoms with E-state index in [4.69, 9.17) is 0 Å². The molecule has 0 aliphatic heterocycles. The third-order valence-electron chi connectivity index (χ3n) is 2.81. The van der Waals surface area contributed by atoms with Crippen molar-refractivity contribution in [3.05, 3.63) is 28.2 Å². The molecule has 1 aliphatic carbocycles. The van der Waals surface area contributed by atoms with Crippen molar-refractivity contribution < 1.29 is 4.79 Å². The first-order valence-corrected chi connectivity index (χ1v) is 6.37. The maximum Gasteiger partial charge on any atom is 0.246 e. The van der Waals surface area contributed by atoms with Gasteiger partial charge < -0.3 is 4.90 Å². The zero-order valence-electron chi connectivity index (χ0n) is 9.53. The van der Waals surface area contributed by atoms with Crippen LogP contribution >= 0.6 is 11.3 Å². The molecule has 2 rings (SSSR count). The number of amides is 1. The average Bonchev–Trinajstić information content (AvgIpc) is 2.69. The second-order valence-corrected chi connectivity index (χ2v) is 5.25. The van der Waals surface area contributed by atoms with Crippen LogP contribution < -0.4 is 0 Å². The van der Waals surface area contributed by atoms with E-state index in [2.05, 4.69) is 11.6 Å². The number of nitrogens with zero attached hydrogens (tertiary/aromatic N) is 2. The van der Waals surface area contributed by atoms with E-state index in [-0.39, 0.29) is 5.91 Å². The molecule has 16 heavy (non-hydrogen) atoms. The number of thiazole rings is 1. The molecule has 3 nitrogen and oxygen atoms in total. The topological polar surface area (TPSA) is 33.2 Å². The van der Waals surface area contributed by atoms with Crippen molar-refractivity contribution in [3.63, 3.8) is 0 Å². The molecule has 0 radical (unpaired) electrons. The van der Waals surface area contributed by atoms with E-state index >= 15 is 0 Å². The van der Waals surface area contributed by atoms with Gasteiger partial charge in [-0.25, -0.2) is 4.98 Å². The van der Waals surface area contributed by atoms with Crippen LogP contribution in [0, 0.1) is 0 Å². The summed E-state index contributed by atoms with van der Waals surface area (Å²) in [6.07, 6.45) is 6.12. The van der Waals surface area contributed by atoms with Crippen LogP contribution in [-0.4, -0.2) is 22.8 Å². The Morgan fingerprint density at radius 1 is 1.56 bits per heavy atom. The first-order valence-electron chi connectivity index (χ1n) is 5.55. The monoisotopic (exact) mass is 236 g/mol. The van der Waals surface area contributed by atoms with Gasteiger partial charge in [0, 0.05) is 11.9 Å². The Bertz CT molecular complexity index is 388. The molecule has 0 bridgehead atoms. The lowest BCUT2D eigenvalue weighted by molar-refractivity contribution is -0.125. The van der Waals surface area contributed by atoms with Crippen LogP contribution in [0.15, 0.2) is 12.7 Å². The standard InChI is InChI=1S/C12H16N2OS/c1-3-12(15)14(2)8-11-13-9-6-4-5-7-10(9)16-11/h3H,1,4-8H2,2H3. The number of aromatic nitrogens is 1. The lowest BCUT2D eigenvalue weighted by Gasteiger charge is -2.12. The highest BCUT2D eigenvalue weighted by Crippen LogP contribution is 2.27. The quantitative estimate of drug-likeness (QED) is 0.754. The fraction of sp³-hybridized carbons (Fsp3) is 0.500. The Morgan fingerprint density at radius 2 is 2.31 bits per heavy atom. The van der Waals surface area contributed by atoms with Gasteiger partial charge in [0.15, 0.2) is 0 Å². The third kappa shape index (κ3) is 2.32. The number of likely N-dealkylation sites (N-methyl/N-ethyl adjacent to an activating group) is 1. The molecule has 0 atom stereocenters. The molecular formula is C12H16N2OS. The number of carbonyl (C=O) groups is 1. The van der Waals surface area contributed by atoms with Crippen LogP contribution in [0.4, 0.5) is 0 Å². The predicted octanol–water partition coefficient (Wildman–Crippen LogP) is 2.17. The van der Waals surface area contributed by atoms with Gasteiger partial charge in [0.1, 0.15) is 5.01 Å². The molecule has 1 aromatic heterocycles. The molecule has 0 saturated carbocycles. The minimum absolute atomic E-state index is 0.0480. The van der Waals surface area contributed by atoms with Crippen LogP contribution in [0.5, 0.6) is 0 Å². The highest BCUT2D eigenvalue weighted by Gasteiger charge is 2.16. The Hall–Kier alpha value is -1.16. The van der Waals surface area contributed by atoms with Crippen LogP contribution in [0.3, 0.4) is 0 Å². The molecule has 0 N–H and O–H groups in total. The van der Waals surface area contributed by atoms with E-state index in [1.165, 1.54) is 29.5 Å². The Morgan fingerprint density at radius 3 is 3.00 bits per heavy atom. The van der Waals surface area contributed by atoms with E-state index in [1.807, 2.05) is 0 Å². The predicted molar refractivity (Wildman–Crippen MR) is 65.4 cm³/mol. The lowest BCUT2D eigenvalue weighted by atomic mass is 10.0. The number of aryl methyl sites for hydroxylation is 2. The van der Waals surface area contributed by atoms with Crippen molar-refractivity contribution in [2.24, 2.45) is 0 Å². The average molecular weight is 236 g/mol. The number of fused-ring (bicyclic) bond motifs is 1. The van der Waals surface area contributed by atoms with Gasteiger partial charge in [0.2, 0.25) is 5.91 Å². The summed E-state index contributed by atoms with van der Waals surface area (Å²) in [5.74, 6) is -0.0480. The molecule has 1 heterocycles. The second kappa shape index (κ2) is 4.78. The highest BCUT2D eigenvalue weighted by atomic mass is 32.1. The van der Waals surface area contributed by atoms with E-state index in [1.54, 1.807) is 23.3 Å². The fourth-order valence-corrected chi connectivity index (χ4v) is 3.12. The minimum atomic E-state index is -0.0480. The van der Waals surface area contributed by atoms with Crippen molar-refractivity contribution in [2.45, 2.75) is 32.2 Å². The second-order valence-electron chi connectivity index (χ2n) is 4.08. The molecule has 1 amide bonds. The Labute approximate surface area is 99.8 Å². The molecule has 1 aromatic rings. The molecule has 0 saturated heterocycles. The highest BCUT2D eigenvalue weighted by molar-refractivity contribution is 7.11. The van der Waals surface area contributed by atoms with Gasteiger partial charge in [0.05, 0.1) is 12.2 Å². The molecular weight excluding hydrogens is 220 g/mol. The minimum Gasteiger partial charge on any atom is -0.335 e. The molecule has 0 unspecified atom stereocenters. The summed E-state index contributed by atoms with van der Waals surface area (Å²) in [5, 5.41) is 1.05. The van der Waals surface area contributed by atoms with Crippen molar-refractivity contribution in [2.75, 3.05) is 7.05 Å². The van der Waals surface area contributed by atoms with Gasteiger partial charge in [0.25, 0.3) is 0 Å². The maximum atomic E-state index is 11.3. The van der Waals surface area contributed by atoms with Crippen molar-refractivity contribution in [1.82, 2.24) is 9.88 Å². The van der Waals surface area contributed by atoms with Crippen LogP contribution in [-0.2, 0) is 24.2 Å². The zero-order valence-corrected chi connectivity index (χ0v) is 10.3.